The standard InChI is InChI=1S/C13H14N4OS/c1-7-5-19-12-11(7)15-6-16-13(12)14-4-10-8(2)17-18-9(10)3/h5-6H,4H2,1-3H3,(H,14,15,16). The number of aromatic nitrogens is 3. The Morgan fingerprint density at radius 3 is 2.84 bits per heavy atom. The van der Waals surface area contributed by atoms with E-state index in [1.54, 1.807) is 17.7 Å². The Hall–Kier alpha value is -1.95. The van der Waals surface area contributed by atoms with Gasteiger partial charge in [0.2, 0.25) is 0 Å². The predicted octanol–water partition coefficient (Wildman–Crippen LogP) is 3.22. The first-order chi connectivity index (χ1) is 9.16. The van der Waals surface area contributed by atoms with Gasteiger partial charge in [-0.1, -0.05) is 5.16 Å². The number of nitrogens with zero attached hydrogens (tertiary/aromatic N) is 3. The molecule has 3 rings (SSSR count). The van der Waals surface area contributed by atoms with Crippen LogP contribution in [0.3, 0.4) is 0 Å². The SMILES string of the molecule is Cc1noc(C)c1CNc1ncnc2c(C)csc12. The van der Waals surface area contributed by atoms with Crippen LogP contribution in [0.5, 0.6) is 0 Å². The Morgan fingerprint density at radius 1 is 1.26 bits per heavy atom. The number of hydrogen-bond acceptors (Lipinski definition) is 6. The van der Waals surface area contributed by atoms with Gasteiger partial charge in [-0.3, -0.25) is 0 Å². The molecule has 0 saturated carbocycles. The number of hydrogen-bond donors (Lipinski definition) is 1. The van der Waals surface area contributed by atoms with Crippen LogP contribution in [0, 0.1) is 20.8 Å². The Morgan fingerprint density at radius 2 is 2.11 bits per heavy atom. The van der Waals surface area contributed by atoms with E-state index in [-0.39, 0.29) is 0 Å². The van der Waals surface area contributed by atoms with Gasteiger partial charge < -0.3 is 9.84 Å². The summed E-state index contributed by atoms with van der Waals surface area (Å²) in [6, 6.07) is 0. The first-order valence-electron chi connectivity index (χ1n) is 6.01. The Bertz CT molecular complexity index is 712. The molecule has 0 aliphatic rings. The van der Waals surface area contributed by atoms with Crippen molar-refractivity contribution in [3.05, 3.63) is 34.3 Å². The molecular weight excluding hydrogens is 260 g/mol. The van der Waals surface area contributed by atoms with E-state index in [0.29, 0.717) is 6.54 Å². The largest absolute Gasteiger partial charge is 0.364 e. The van der Waals surface area contributed by atoms with E-state index in [0.717, 1.165) is 33.1 Å². The summed E-state index contributed by atoms with van der Waals surface area (Å²) in [6.45, 7) is 6.58. The van der Waals surface area contributed by atoms with E-state index < -0.39 is 0 Å². The number of anilines is 1. The number of fused-ring (bicyclic) bond motifs is 1. The highest BCUT2D eigenvalue weighted by Gasteiger charge is 2.11. The van der Waals surface area contributed by atoms with Gasteiger partial charge in [0, 0.05) is 12.1 Å². The highest BCUT2D eigenvalue weighted by Crippen LogP contribution is 2.28. The first-order valence-corrected chi connectivity index (χ1v) is 6.89. The lowest BCUT2D eigenvalue weighted by atomic mass is 10.2. The summed E-state index contributed by atoms with van der Waals surface area (Å²) >= 11 is 1.66. The van der Waals surface area contributed by atoms with Gasteiger partial charge in [-0.2, -0.15) is 0 Å². The summed E-state index contributed by atoms with van der Waals surface area (Å²) in [5.41, 5.74) is 4.20. The fourth-order valence-corrected chi connectivity index (χ4v) is 2.99. The second-order valence-corrected chi connectivity index (χ2v) is 5.35. The summed E-state index contributed by atoms with van der Waals surface area (Å²) in [6.07, 6.45) is 1.59. The van der Waals surface area contributed by atoms with Crippen molar-refractivity contribution in [2.24, 2.45) is 0 Å². The second-order valence-electron chi connectivity index (χ2n) is 4.47. The molecule has 0 atom stereocenters. The molecule has 0 aliphatic heterocycles. The van der Waals surface area contributed by atoms with E-state index >= 15 is 0 Å². The minimum atomic E-state index is 0.657. The maximum Gasteiger partial charge on any atom is 0.147 e. The zero-order chi connectivity index (χ0) is 13.4. The lowest BCUT2D eigenvalue weighted by Gasteiger charge is -2.05. The molecule has 0 amide bonds. The molecule has 0 spiro atoms. The maximum atomic E-state index is 5.16. The minimum absolute atomic E-state index is 0.657. The average molecular weight is 274 g/mol. The Balaban J connectivity index is 1.90. The molecule has 6 heteroatoms. The quantitative estimate of drug-likeness (QED) is 0.794. The highest BCUT2D eigenvalue weighted by molar-refractivity contribution is 7.18. The van der Waals surface area contributed by atoms with Gasteiger partial charge in [-0.25, -0.2) is 9.97 Å². The van der Waals surface area contributed by atoms with Crippen LogP contribution in [0.15, 0.2) is 16.2 Å². The smallest absolute Gasteiger partial charge is 0.147 e. The van der Waals surface area contributed by atoms with Crippen molar-refractivity contribution in [3.63, 3.8) is 0 Å². The number of rotatable bonds is 3. The van der Waals surface area contributed by atoms with E-state index in [2.05, 4.69) is 32.7 Å². The minimum Gasteiger partial charge on any atom is -0.364 e. The summed E-state index contributed by atoms with van der Waals surface area (Å²) in [7, 11) is 0. The summed E-state index contributed by atoms with van der Waals surface area (Å²) in [5.74, 6) is 1.71. The second kappa shape index (κ2) is 4.62. The van der Waals surface area contributed by atoms with Crippen LogP contribution in [0.2, 0.25) is 0 Å². The summed E-state index contributed by atoms with van der Waals surface area (Å²) in [4.78, 5) is 8.63. The molecular formula is C13H14N4OS. The molecule has 0 aromatic carbocycles. The molecule has 19 heavy (non-hydrogen) atoms. The molecule has 98 valence electrons. The molecule has 0 unspecified atom stereocenters. The number of thiophene rings is 1. The zero-order valence-electron chi connectivity index (χ0n) is 11.0. The van der Waals surface area contributed by atoms with Crippen LogP contribution < -0.4 is 5.32 Å². The summed E-state index contributed by atoms with van der Waals surface area (Å²) < 4.78 is 6.24. The number of aryl methyl sites for hydroxylation is 3. The van der Waals surface area contributed by atoms with Gasteiger partial charge in [-0.15, -0.1) is 11.3 Å². The molecule has 0 saturated heterocycles. The first kappa shape index (κ1) is 12.1. The normalized spacial score (nSPS) is 11.1. The van der Waals surface area contributed by atoms with Gasteiger partial charge in [0.15, 0.2) is 0 Å². The van der Waals surface area contributed by atoms with Crippen molar-refractivity contribution in [3.8, 4) is 0 Å². The van der Waals surface area contributed by atoms with Crippen LogP contribution in [0.4, 0.5) is 5.82 Å². The molecule has 1 N–H and O–H groups in total. The van der Waals surface area contributed by atoms with Crippen LogP contribution >= 0.6 is 11.3 Å². The predicted molar refractivity (Wildman–Crippen MR) is 75.5 cm³/mol. The van der Waals surface area contributed by atoms with E-state index in [1.807, 2.05) is 13.8 Å². The van der Waals surface area contributed by atoms with Crippen LogP contribution in [-0.4, -0.2) is 15.1 Å². The van der Waals surface area contributed by atoms with Crippen molar-refractivity contribution in [1.29, 1.82) is 0 Å². The monoisotopic (exact) mass is 274 g/mol. The van der Waals surface area contributed by atoms with E-state index in [1.165, 1.54) is 5.56 Å². The van der Waals surface area contributed by atoms with Crippen molar-refractivity contribution < 1.29 is 4.52 Å². The van der Waals surface area contributed by atoms with Crippen molar-refractivity contribution in [1.82, 2.24) is 15.1 Å². The summed E-state index contributed by atoms with van der Waals surface area (Å²) in [5, 5.41) is 9.39. The lowest BCUT2D eigenvalue weighted by molar-refractivity contribution is 0.392. The molecule has 3 aromatic heterocycles. The van der Waals surface area contributed by atoms with Gasteiger partial charge in [0.05, 0.1) is 15.9 Å². The Labute approximate surface area is 114 Å². The topological polar surface area (TPSA) is 63.8 Å². The molecule has 5 nitrogen and oxygen atoms in total. The van der Waals surface area contributed by atoms with Gasteiger partial charge >= 0.3 is 0 Å². The zero-order valence-corrected chi connectivity index (χ0v) is 11.8. The fourth-order valence-electron chi connectivity index (χ4n) is 2.02. The van der Waals surface area contributed by atoms with Gasteiger partial charge in [-0.05, 0) is 31.7 Å². The van der Waals surface area contributed by atoms with Crippen molar-refractivity contribution >= 4 is 27.4 Å². The van der Waals surface area contributed by atoms with Crippen LogP contribution in [0.25, 0.3) is 10.2 Å². The third kappa shape index (κ3) is 2.08. The van der Waals surface area contributed by atoms with Crippen LogP contribution in [-0.2, 0) is 6.54 Å². The highest BCUT2D eigenvalue weighted by atomic mass is 32.1. The molecule has 0 radical (unpaired) electrons. The van der Waals surface area contributed by atoms with E-state index in [4.69, 9.17) is 4.52 Å². The van der Waals surface area contributed by atoms with E-state index in [9.17, 15) is 0 Å². The third-order valence-electron chi connectivity index (χ3n) is 3.14. The maximum absolute atomic E-state index is 5.16. The van der Waals surface area contributed by atoms with Crippen molar-refractivity contribution in [2.75, 3.05) is 5.32 Å². The third-order valence-corrected chi connectivity index (χ3v) is 4.24. The molecule has 3 heterocycles. The average Bonchev–Trinajstić information content (AvgIpc) is 2.93. The molecule has 0 fully saturated rings. The van der Waals surface area contributed by atoms with Crippen LogP contribution in [0.1, 0.15) is 22.6 Å². The molecule has 0 bridgehead atoms. The fraction of sp³-hybridized carbons (Fsp3) is 0.308. The molecule has 0 aliphatic carbocycles. The van der Waals surface area contributed by atoms with Gasteiger partial charge in [0.1, 0.15) is 17.9 Å². The number of nitrogens with one attached hydrogen (secondary N) is 1. The van der Waals surface area contributed by atoms with Crippen molar-refractivity contribution in [2.45, 2.75) is 27.3 Å². The lowest BCUT2D eigenvalue weighted by Crippen LogP contribution is -2.03. The van der Waals surface area contributed by atoms with Gasteiger partial charge in [0.25, 0.3) is 0 Å². The Kier molecular flexibility index (Phi) is 2.94. The molecule has 3 aromatic rings.